The van der Waals surface area contributed by atoms with Gasteiger partial charge in [-0.3, -0.25) is 9.59 Å². The zero-order valence-corrected chi connectivity index (χ0v) is 10.7. The van der Waals surface area contributed by atoms with Crippen LogP contribution in [0.3, 0.4) is 0 Å². The highest BCUT2D eigenvalue weighted by molar-refractivity contribution is 6.26. The zero-order chi connectivity index (χ0) is 15.1. The van der Waals surface area contributed by atoms with Crippen LogP contribution in [-0.2, 0) is 4.74 Å². The Labute approximate surface area is 113 Å². The second-order valence-electron chi connectivity index (χ2n) is 4.57. The van der Waals surface area contributed by atoms with E-state index in [1.807, 2.05) is 0 Å². The summed E-state index contributed by atoms with van der Waals surface area (Å²) in [6.07, 6.45) is -5.59. The van der Waals surface area contributed by atoms with Crippen molar-refractivity contribution in [3.63, 3.8) is 0 Å². The van der Waals surface area contributed by atoms with Crippen LogP contribution < -0.4 is 0 Å². The van der Waals surface area contributed by atoms with Crippen molar-refractivity contribution in [2.45, 2.75) is 26.1 Å². The highest BCUT2D eigenvalue weighted by Crippen LogP contribution is 2.37. The fourth-order valence-corrected chi connectivity index (χ4v) is 1.96. The number of hydrogen-bond acceptors (Lipinski definition) is 3. The molecule has 0 heterocycles. The van der Waals surface area contributed by atoms with Crippen LogP contribution in [0.25, 0.3) is 0 Å². The van der Waals surface area contributed by atoms with Crippen LogP contribution in [0.2, 0.25) is 0 Å². The lowest BCUT2D eigenvalue weighted by Gasteiger charge is -2.23. The van der Waals surface area contributed by atoms with Gasteiger partial charge >= 0.3 is 6.18 Å². The molecule has 0 amide bonds. The molecule has 0 unspecified atom stereocenters. The third-order valence-electron chi connectivity index (χ3n) is 2.71. The van der Waals surface area contributed by atoms with Crippen LogP contribution in [-0.4, -0.2) is 23.8 Å². The van der Waals surface area contributed by atoms with E-state index < -0.39 is 35.2 Å². The molecule has 6 heteroatoms. The molecule has 20 heavy (non-hydrogen) atoms. The molecule has 0 saturated heterocycles. The van der Waals surface area contributed by atoms with Gasteiger partial charge in [0.2, 0.25) is 11.6 Å². The van der Waals surface area contributed by atoms with E-state index in [0.29, 0.717) is 0 Å². The molecule has 1 aromatic carbocycles. The Morgan fingerprint density at radius 2 is 1.50 bits per heavy atom. The van der Waals surface area contributed by atoms with Crippen molar-refractivity contribution in [2.75, 3.05) is 0 Å². The SMILES string of the molecule is CC(C)OC1=C(C(F)(F)F)C(=O)c2ccccc2C1=O. The van der Waals surface area contributed by atoms with Crippen LogP contribution in [0, 0.1) is 0 Å². The Kier molecular flexibility index (Phi) is 3.41. The molecule has 0 fully saturated rings. The number of halogens is 3. The van der Waals surface area contributed by atoms with Gasteiger partial charge in [-0.25, -0.2) is 0 Å². The molecular weight excluding hydrogens is 273 g/mol. The van der Waals surface area contributed by atoms with E-state index in [0.717, 1.165) is 0 Å². The molecule has 1 aliphatic rings. The largest absolute Gasteiger partial charge is 0.486 e. The Morgan fingerprint density at radius 3 is 1.95 bits per heavy atom. The summed E-state index contributed by atoms with van der Waals surface area (Å²) in [5.74, 6) is -3.07. The lowest BCUT2D eigenvalue weighted by Crippen LogP contribution is -2.32. The summed E-state index contributed by atoms with van der Waals surface area (Å²) in [6, 6.07) is 5.40. The van der Waals surface area contributed by atoms with Gasteiger partial charge in [0.1, 0.15) is 5.57 Å². The zero-order valence-electron chi connectivity index (χ0n) is 10.7. The normalized spacial score (nSPS) is 15.7. The lowest BCUT2D eigenvalue weighted by molar-refractivity contribution is -0.0927. The van der Waals surface area contributed by atoms with E-state index in [1.165, 1.54) is 38.1 Å². The van der Waals surface area contributed by atoms with Crippen molar-refractivity contribution < 1.29 is 27.5 Å². The third-order valence-corrected chi connectivity index (χ3v) is 2.71. The monoisotopic (exact) mass is 284 g/mol. The maximum Gasteiger partial charge on any atom is 0.423 e. The number of ketones is 2. The third kappa shape index (κ3) is 2.33. The van der Waals surface area contributed by atoms with E-state index >= 15 is 0 Å². The second kappa shape index (κ2) is 4.77. The number of carbonyl (C=O) groups excluding carboxylic acids is 2. The maximum atomic E-state index is 13.0. The molecule has 0 bridgehead atoms. The molecular formula is C14H11F3O3. The van der Waals surface area contributed by atoms with E-state index in [2.05, 4.69) is 0 Å². The van der Waals surface area contributed by atoms with E-state index in [1.54, 1.807) is 0 Å². The van der Waals surface area contributed by atoms with Crippen LogP contribution in [0.15, 0.2) is 35.6 Å². The first kappa shape index (κ1) is 14.3. The van der Waals surface area contributed by atoms with Gasteiger partial charge in [0, 0.05) is 11.1 Å². The minimum absolute atomic E-state index is 0.0684. The van der Waals surface area contributed by atoms with E-state index in [4.69, 9.17) is 4.74 Å². The highest BCUT2D eigenvalue weighted by atomic mass is 19.4. The standard InChI is InChI=1S/C14H11F3O3/c1-7(2)20-13-10(14(15,16)17)11(18)8-5-3-4-6-9(8)12(13)19/h3-7H,1-2H3. The van der Waals surface area contributed by atoms with Crippen molar-refractivity contribution in [3.8, 4) is 0 Å². The number of hydrogen-bond donors (Lipinski definition) is 0. The van der Waals surface area contributed by atoms with E-state index in [-0.39, 0.29) is 11.1 Å². The van der Waals surface area contributed by atoms with Crippen molar-refractivity contribution in [1.82, 2.24) is 0 Å². The highest BCUT2D eigenvalue weighted by Gasteiger charge is 2.48. The minimum atomic E-state index is -4.94. The molecule has 0 aliphatic heterocycles. The average Bonchev–Trinajstić information content (AvgIpc) is 2.33. The van der Waals surface area contributed by atoms with Gasteiger partial charge in [-0.15, -0.1) is 0 Å². The summed E-state index contributed by atoms with van der Waals surface area (Å²) in [4.78, 5) is 24.1. The van der Waals surface area contributed by atoms with Crippen molar-refractivity contribution in [1.29, 1.82) is 0 Å². The van der Waals surface area contributed by atoms with Crippen LogP contribution >= 0.6 is 0 Å². The number of rotatable bonds is 2. The molecule has 0 radical (unpaired) electrons. The van der Waals surface area contributed by atoms with Gasteiger partial charge in [0.15, 0.2) is 5.76 Å². The molecule has 1 aliphatic carbocycles. The summed E-state index contributed by atoms with van der Waals surface area (Å²) in [5, 5.41) is 0. The summed E-state index contributed by atoms with van der Waals surface area (Å²) in [6.45, 7) is 2.97. The Balaban J connectivity index is 2.68. The topological polar surface area (TPSA) is 43.4 Å². The summed E-state index contributed by atoms with van der Waals surface area (Å²) in [5.41, 5.74) is -1.85. The Morgan fingerprint density at radius 1 is 1.00 bits per heavy atom. The predicted octanol–water partition coefficient (Wildman–Crippen LogP) is 3.31. The van der Waals surface area contributed by atoms with Crippen LogP contribution in [0.1, 0.15) is 34.6 Å². The average molecular weight is 284 g/mol. The van der Waals surface area contributed by atoms with Crippen molar-refractivity contribution in [3.05, 3.63) is 46.7 Å². The molecule has 3 nitrogen and oxygen atoms in total. The number of fused-ring (bicyclic) bond motifs is 1. The van der Waals surface area contributed by atoms with Crippen molar-refractivity contribution in [2.24, 2.45) is 0 Å². The van der Waals surface area contributed by atoms with Gasteiger partial charge < -0.3 is 4.74 Å². The van der Waals surface area contributed by atoms with Gasteiger partial charge in [-0.2, -0.15) is 13.2 Å². The van der Waals surface area contributed by atoms with Gasteiger partial charge in [-0.05, 0) is 13.8 Å². The maximum absolute atomic E-state index is 13.0. The minimum Gasteiger partial charge on any atom is -0.486 e. The molecule has 0 N–H and O–H groups in total. The predicted molar refractivity (Wildman–Crippen MR) is 64.4 cm³/mol. The van der Waals surface area contributed by atoms with E-state index in [9.17, 15) is 22.8 Å². The first-order chi connectivity index (χ1) is 9.23. The van der Waals surface area contributed by atoms with Gasteiger partial charge in [0.25, 0.3) is 0 Å². The first-order valence-corrected chi connectivity index (χ1v) is 5.90. The molecule has 0 saturated carbocycles. The number of ether oxygens (including phenoxy) is 1. The summed E-state index contributed by atoms with van der Waals surface area (Å²) >= 11 is 0. The van der Waals surface area contributed by atoms with Crippen LogP contribution in [0.5, 0.6) is 0 Å². The Hall–Kier alpha value is -2.11. The summed E-state index contributed by atoms with van der Waals surface area (Å²) < 4.78 is 44.1. The van der Waals surface area contributed by atoms with Gasteiger partial charge in [0.05, 0.1) is 6.10 Å². The second-order valence-corrected chi connectivity index (χ2v) is 4.57. The molecule has 106 valence electrons. The quantitative estimate of drug-likeness (QED) is 0.836. The molecule has 0 aromatic heterocycles. The fourth-order valence-electron chi connectivity index (χ4n) is 1.96. The molecule has 2 rings (SSSR count). The molecule has 1 aromatic rings. The molecule has 0 atom stereocenters. The molecule has 0 spiro atoms. The number of benzene rings is 1. The Bertz CT molecular complexity index is 612. The van der Waals surface area contributed by atoms with Gasteiger partial charge in [-0.1, -0.05) is 24.3 Å². The van der Waals surface area contributed by atoms with Crippen molar-refractivity contribution >= 4 is 11.6 Å². The summed E-state index contributed by atoms with van der Waals surface area (Å²) in [7, 11) is 0. The number of alkyl halides is 3. The number of carbonyl (C=O) groups is 2. The fraction of sp³-hybridized carbons (Fsp3) is 0.286. The number of Topliss-reactive ketones (excluding diaryl/α,β-unsaturated/α-hetero) is 2. The lowest BCUT2D eigenvalue weighted by atomic mass is 9.88. The van der Waals surface area contributed by atoms with Crippen LogP contribution in [0.4, 0.5) is 13.2 Å². The number of allylic oxidation sites excluding steroid dienone is 2. The smallest absolute Gasteiger partial charge is 0.423 e. The first-order valence-electron chi connectivity index (χ1n) is 5.90.